The Morgan fingerprint density at radius 3 is 2.69 bits per heavy atom. The van der Waals surface area contributed by atoms with Crippen LogP contribution >= 0.6 is 0 Å². The van der Waals surface area contributed by atoms with Gasteiger partial charge < -0.3 is 10.2 Å². The highest BCUT2D eigenvalue weighted by molar-refractivity contribution is 4.77. The summed E-state index contributed by atoms with van der Waals surface area (Å²) in [5, 5.41) is 19.0. The van der Waals surface area contributed by atoms with Crippen LogP contribution < -0.4 is 0 Å². The predicted molar refractivity (Wildman–Crippen MR) is 52.5 cm³/mol. The van der Waals surface area contributed by atoms with Gasteiger partial charge in [0.2, 0.25) is 0 Å². The van der Waals surface area contributed by atoms with Gasteiger partial charge in [0.1, 0.15) is 0 Å². The highest BCUT2D eigenvalue weighted by Gasteiger charge is 2.23. The van der Waals surface area contributed by atoms with E-state index in [4.69, 9.17) is 0 Å². The third kappa shape index (κ3) is 3.63. The lowest BCUT2D eigenvalue weighted by Gasteiger charge is -2.35. The fourth-order valence-electron chi connectivity index (χ4n) is 2.00. The molecule has 1 fully saturated rings. The molecule has 0 unspecified atom stereocenters. The number of aliphatic hydroxyl groups excluding tert-OH is 2. The van der Waals surface area contributed by atoms with Crippen molar-refractivity contribution in [2.24, 2.45) is 5.92 Å². The van der Waals surface area contributed by atoms with Gasteiger partial charge in [-0.05, 0) is 18.8 Å². The molecule has 0 aromatic carbocycles. The number of β-amino-alcohol motifs (C(OH)–C–C–N with tert-alkyl or cyclic N) is 2. The van der Waals surface area contributed by atoms with Gasteiger partial charge in [0.15, 0.2) is 0 Å². The molecule has 3 nitrogen and oxygen atoms in total. The largest absolute Gasteiger partial charge is 0.392 e. The van der Waals surface area contributed by atoms with Crippen molar-refractivity contribution in [1.82, 2.24) is 4.90 Å². The number of likely N-dealkylation sites (tertiary alicyclic amines) is 1. The summed E-state index contributed by atoms with van der Waals surface area (Å²) in [5.74, 6) is 0.549. The van der Waals surface area contributed by atoms with Gasteiger partial charge in [-0.1, -0.05) is 13.8 Å². The second-order valence-corrected chi connectivity index (χ2v) is 4.28. The Labute approximate surface area is 80.4 Å². The SMILES string of the molecule is CC[C@@H](O)CN1C[C@@H](C)C[C@@H](O)C1. The Hall–Kier alpha value is -0.120. The molecule has 0 aromatic rings. The fourth-order valence-corrected chi connectivity index (χ4v) is 2.00. The summed E-state index contributed by atoms with van der Waals surface area (Å²) < 4.78 is 0. The van der Waals surface area contributed by atoms with Crippen molar-refractivity contribution < 1.29 is 10.2 Å². The molecule has 1 aliphatic rings. The zero-order valence-electron chi connectivity index (χ0n) is 8.61. The first-order valence-electron chi connectivity index (χ1n) is 5.20. The molecule has 1 heterocycles. The molecule has 13 heavy (non-hydrogen) atoms. The summed E-state index contributed by atoms with van der Waals surface area (Å²) in [6.07, 6.45) is 1.25. The molecule has 3 atom stereocenters. The molecule has 1 aliphatic heterocycles. The maximum Gasteiger partial charge on any atom is 0.0670 e. The van der Waals surface area contributed by atoms with Crippen molar-refractivity contribution in [2.45, 2.75) is 38.9 Å². The first-order chi connectivity index (χ1) is 6.11. The minimum Gasteiger partial charge on any atom is -0.392 e. The van der Waals surface area contributed by atoms with E-state index in [2.05, 4.69) is 11.8 Å². The van der Waals surface area contributed by atoms with Gasteiger partial charge in [0, 0.05) is 19.6 Å². The van der Waals surface area contributed by atoms with Gasteiger partial charge in [-0.15, -0.1) is 0 Å². The number of aliphatic hydroxyl groups is 2. The van der Waals surface area contributed by atoms with E-state index in [1.807, 2.05) is 6.92 Å². The molecule has 1 saturated heterocycles. The Morgan fingerprint density at radius 2 is 2.15 bits per heavy atom. The summed E-state index contributed by atoms with van der Waals surface area (Å²) in [4.78, 5) is 2.16. The maximum absolute atomic E-state index is 9.51. The lowest BCUT2D eigenvalue weighted by atomic mass is 9.97. The van der Waals surface area contributed by atoms with Crippen molar-refractivity contribution in [1.29, 1.82) is 0 Å². The molecule has 0 aromatic heterocycles. The van der Waals surface area contributed by atoms with Crippen LogP contribution in [0.5, 0.6) is 0 Å². The summed E-state index contributed by atoms with van der Waals surface area (Å²) in [7, 11) is 0. The van der Waals surface area contributed by atoms with E-state index in [0.717, 1.165) is 25.9 Å². The molecule has 0 radical (unpaired) electrons. The quantitative estimate of drug-likeness (QED) is 0.674. The van der Waals surface area contributed by atoms with Crippen molar-refractivity contribution in [3.05, 3.63) is 0 Å². The molecule has 0 bridgehead atoms. The average molecular weight is 187 g/mol. The summed E-state index contributed by atoms with van der Waals surface area (Å²) in [5.41, 5.74) is 0. The highest BCUT2D eigenvalue weighted by Crippen LogP contribution is 2.16. The lowest BCUT2D eigenvalue weighted by Crippen LogP contribution is -2.45. The summed E-state index contributed by atoms with van der Waals surface area (Å²) >= 11 is 0. The molecule has 0 saturated carbocycles. The Balaban J connectivity index is 2.32. The van der Waals surface area contributed by atoms with Crippen LogP contribution in [0.4, 0.5) is 0 Å². The number of piperidine rings is 1. The predicted octanol–water partition coefficient (Wildman–Crippen LogP) is 0.460. The normalized spacial score (nSPS) is 33.2. The zero-order valence-corrected chi connectivity index (χ0v) is 8.61. The number of hydrogen-bond acceptors (Lipinski definition) is 3. The van der Waals surface area contributed by atoms with Crippen LogP contribution in [0.25, 0.3) is 0 Å². The van der Waals surface area contributed by atoms with Gasteiger partial charge in [0.25, 0.3) is 0 Å². The minimum atomic E-state index is -0.238. The third-order valence-corrected chi connectivity index (χ3v) is 2.65. The van der Waals surface area contributed by atoms with E-state index in [0.29, 0.717) is 12.5 Å². The van der Waals surface area contributed by atoms with E-state index >= 15 is 0 Å². The van der Waals surface area contributed by atoms with Gasteiger partial charge in [-0.25, -0.2) is 0 Å². The highest BCUT2D eigenvalue weighted by atomic mass is 16.3. The standard InChI is InChI=1S/C10H21NO2/c1-3-9(12)6-11-5-8(2)4-10(13)7-11/h8-10,12-13H,3-7H2,1-2H3/t8-,9+,10+/m0/s1. The first-order valence-corrected chi connectivity index (χ1v) is 5.20. The summed E-state index contributed by atoms with van der Waals surface area (Å²) in [6.45, 7) is 6.57. The molecule has 3 heteroatoms. The number of rotatable bonds is 3. The van der Waals surface area contributed by atoms with Crippen LogP contribution in [0.2, 0.25) is 0 Å². The average Bonchev–Trinajstić information content (AvgIpc) is 2.02. The maximum atomic E-state index is 9.51. The molecular weight excluding hydrogens is 166 g/mol. The van der Waals surface area contributed by atoms with Crippen LogP contribution in [0.15, 0.2) is 0 Å². The van der Waals surface area contributed by atoms with Crippen molar-refractivity contribution in [2.75, 3.05) is 19.6 Å². The monoisotopic (exact) mass is 187 g/mol. The molecule has 0 amide bonds. The van der Waals surface area contributed by atoms with Crippen LogP contribution in [0.1, 0.15) is 26.7 Å². The van der Waals surface area contributed by atoms with Crippen molar-refractivity contribution in [3.8, 4) is 0 Å². The van der Waals surface area contributed by atoms with Crippen LogP contribution in [-0.4, -0.2) is 47.0 Å². The smallest absolute Gasteiger partial charge is 0.0670 e. The second-order valence-electron chi connectivity index (χ2n) is 4.28. The lowest BCUT2D eigenvalue weighted by molar-refractivity contribution is 0.0185. The Morgan fingerprint density at radius 1 is 1.46 bits per heavy atom. The fraction of sp³-hybridized carbons (Fsp3) is 1.00. The zero-order chi connectivity index (χ0) is 9.84. The van der Waals surface area contributed by atoms with Crippen molar-refractivity contribution in [3.63, 3.8) is 0 Å². The minimum absolute atomic E-state index is 0.201. The van der Waals surface area contributed by atoms with E-state index in [1.54, 1.807) is 0 Å². The third-order valence-electron chi connectivity index (χ3n) is 2.65. The van der Waals surface area contributed by atoms with Crippen LogP contribution in [-0.2, 0) is 0 Å². The molecular formula is C10H21NO2. The first kappa shape index (κ1) is 11.0. The Kier molecular flexibility index (Phi) is 4.16. The summed E-state index contributed by atoms with van der Waals surface area (Å²) in [6, 6.07) is 0. The van der Waals surface area contributed by atoms with Crippen LogP contribution in [0, 0.1) is 5.92 Å². The number of hydrogen-bond donors (Lipinski definition) is 2. The Bertz CT molecular complexity index is 142. The van der Waals surface area contributed by atoms with E-state index in [9.17, 15) is 10.2 Å². The van der Waals surface area contributed by atoms with Gasteiger partial charge in [-0.3, -0.25) is 4.90 Å². The van der Waals surface area contributed by atoms with E-state index < -0.39 is 0 Å². The second kappa shape index (κ2) is 4.94. The van der Waals surface area contributed by atoms with Gasteiger partial charge in [-0.2, -0.15) is 0 Å². The number of nitrogens with zero attached hydrogens (tertiary/aromatic N) is 1. The molecule has 0 spiro atoms. The van der Waals surface area contributed by atoms with Gasteiger partial charge >= 0.3 is 0 Å². The van der Waals surface area contributed by atoms with E-state index in [-0.39, 0.29) is 12.2 Å². The topological polar surface area (TPSA) is 43.7 Å². The molecule has 78 valence electrons. The molecule has 2 N–H and O–H groups in total. The molecule has 0 aliphatic carbocycles. The van der Waals surface area contributed by atoms with E-state index in [1.165, 1.54) is 0 Å². The van der Waals surface area contributed by atoms with Gasteiger partial charge in [0.05, 0.1) is 12.2 Å². The molecule has 1 rings (SSSR count). The van der Waals surface area contributed by atoms with Crippen molar-refractivity contribution >= 4 is 0 Å². The van der Waals surface area contributed by atoms with Crippen LogP contribution in [0.3, 0.4) is 0 Å².